The summed E-state index contributed by atoms with van der Waals surface area (Å²) >= 11 is 0. The van der Waals surface area contributed by atoms with Crippen LogP contribution in [0.1, 0.15) is 38.3 Å². The zero-order valence-electron chi connectivity index (χ0n) is 10.5. The highest BCUT2D eigenvalue weighted by Gasteiger charge is 2.20. The number of hydrogen-bond acceptors (Lipinski definition) is 4. The Morgan fingerprint density at radius 2 is 2.29 bits per heavy atom. The second-order valence-corrected chi connectivity index (χ2v) is 4.61. The summed E-state index contributed by atoms with van der Waals surface area (Å²) in [4.78, 5) is 8.56. The molecule has 1 heterocycles. The Morgan fingerprint density at radius 3 is 3.06 bits per heavy atom. The molecule has 0 saturated heterocycles. The fourth-order valence-corrected chi connectivity index (χ4v) is 1.67. The number of nitrogens with one attached hydrogen (secondary N) is 1. The zero-order valence-corrected chi connectivity index (χ0v) is 10.5. The Hall–Kier alpha value is -1.16. The maximum absolute atomic E-state index is 5.60. The van der Waals surface area contributed by atoms with Crippen LogP contribution in [0.4, 0.5) is 0 Å². The summed E-state index contributed by atoms with van der Waals surface area (Å²) in [6.45, 7) is 4.69. The average molecular weight is 235 g/mol. The van der Waals surface area contributed by atoms with Crippen molar-refractivity contribution >= 4 is 0 Å². The van der Waals surface area contributed by atoms with Crippen LogP contribution >= 0.6 is 0 Å². The fourth-order valence-electron chi connectivity index (χ4n) is 1.67. The van der Waals surface area contributed by atoms with Crippen LogP contribution < -0.4 is 10.1 Å². The molecule has 2 rings (SSSR count). The quantitative estimate of drug-likeness (QED) is 0.701. The van der Waals surface area contributed by atoms with Crippen molar-refractivity contribution in [3.8, 4) is 5.88 Å². The smallest absolute Gasteiger partial charge is 0.232 e. The van der Waals surface area contributed by atoms with Crippen molar-refractivity contribution in [2.75, 3.05) is 13.2 Å². The summed E-state index contributed by atoms with van der Waals surface area (Å²) in [7, 11) is 0. The lowest BCUT2D eigenvalue weighted by atomic mass is 10.3. The SMILES string of the molecule is CCCNCc1cncc(OCCC2CC2)n1. The van der Waals surface area contributed by atoms with Gasteiger partial charge in [0.05, 0.1) is 18.5 Å². The summed E-state index contributed by atoms with van der Waals surface area (Å²) in [5.41, 5.74) is 0.947. The topological polar surface area (TPSA) is 47.0 Å². The summed E-state index contributed by atoms with van der Waals surface area (Å²) in [6.07, 6.45) is 8.50. The fraction of sp³-hybridized carbons (Fsp3) is 0.692. The van der Waals surface area contributed by atoms with Gasteiger partial charge in [-0.2, -0.15) is 0 Å². The van der Waals surface area contributed by atoms with Crippen molar-refractivity contribution in [2.24, 2.45) is 5.92 Å². The van der Waals surface area contributed by atoms with E-state index in [1.807, 2.05) is 0 Å². The molecular weight excluding hydrogens is 214 g/mol. The van der Waals surface area contributed by atoms with E-state index in [0.29, 0.717) is 5.88 Å². The van der Waals surface area contributed by atoms with Crippen LogP contribution in [-0.2, 0) is 6.54 Å². The van der Waals surface area contributed by atoms with E-state index in [0.717, 1.165) is 44.1 Å². The van der Waals surface area contributed by atoms with Crippen molar-refractivity contribution in [2.45, 2.75) is 39.2 Å². The molecule has 0 unspecified atom stereocenters. The average Bonchev–Trinajstić information content (AvgIpc) is 3.14. The van der Waals surface area contributed by atoms with E-state index in [4.69, 9.17) is 4.74 Å². The number of rotatable bonds is 8. The third-order valence-electron chi connectivity index (χ3n) is 2.87. The van der Waals surface area contributed by atoms with Crippen molar-refractivity contribution in [3.05, 3.63) is 18.1 Å². The lowest BCUT2D eigenvalue weighted by Crippen LogP contribution is -2.15. The lowest BCUT2D eigenvalue weighted by molar-refractivity contribution is 0.289. The molecule has 1 aromatic heterocycles. The number of nitrogens with zero attached hydrogens (tertiary/aromatic N) is 2. The molecule has 1 saturated carbocycles. The molecule has 1 fully saturated rings. The van der Waals surface area contributed by atoms with Crippen LogP contribution in [0, 0.1) is 5.92 Å². The molecule has 0 spiro atoms. The largest absolute Gasteiger partial charge is 0.477 e. The molecule has 0 bridgehead atoms. The highest BCUT2D eigenvalue weighted by Crippen LogP contribution is 2.32. The lowest BCUT2D eigenvalue weighted by Gasteiger charge is -2.06. The van der Waals surface area contributed by atoms with Gasteiger partial charge in [-0.15, -0.1) is 0 Å². The summed E-state index contributed by atoms with van der Waals surface area (Å²) in [6, 6.07) is 0. The maximum Gasteiger partial charge on any atom is 0.232 e. The van der Waals surface area contributed by atoms with Crippen LogP contribution in [-0.4, -0.2) is 23.1 Å². The molecule has 0 amide bonds. The van der Waals surface area contributed by atoms with E-state index in [-0.39, 0.29) is 0 Å². The van der Waals surface area contributed by atoms with E-state index in [1.165, 1.54) is 12.8 Å². The van der Waals surface area contributed by atoms with Gasteiger partial charge in [-0.25, -0.2) is 4.98 Å². The molecular formula is C13H21N3O. The van der Waals surface area contributed by atoms with Crippen molar-refractivity contribution in [1.29, 1.82) is 0 Å². The normalized spacial score (nSPS) is 14.9. The molecule has 0 radical (unpaired) electrons. The molecule has 1 aromatic rings. The van der Waals surface area contributed by atoms with E-state index in [9.17, 15) is 0 Å². The highest BCUT2D eigenvalue weighted by atomic mass is 16.5. The summed E-state index contributed by atoms with van der Waals surface area (Å²) in [5, 5.41) is 3.30. The minimum atomic E-state index is 0.654. The Kier molecular flexibility index (Phi) is 4.74. The van der Waals surface area contributed by atoms with E-state index < -0.39 is 0 Å². The predicted molar refractivity (Wildman–Crippen MR) is 66.9 cm³/mol. The molecule has 1 aliphatic rings. The molecule has 0 aromatic carbocycles. The Morgan fingerprint density at radius 1 is 1.41 bits per heavy atom. The van der Waals surface area contributed by atoms with Crippen LogP contribution in [0.25, 0.3) is 0 Å². The number of hydrogen-bond donors (Lipinski definition) is 1. The molecule has 4 nitrogen and oxygen atoms in total. The van der Waals surface area contributed by atoms with Crippen LogP contribution in [0.15, 0.2) is 12.4 Å². The Bertz CT molecular complexity index is 339. The van der Waals surface area contributed by atoms with Gasteiger partial charge in [0, 0.05) is 12.7 Å². The number of ether oxygens (including phenoxy) is 1. The van der Waals surface area contributed by atoms with Gasteiger partial charge in [0.1, 0.15) is 0 Å². The van der Waals surface area contributed by atoms with Gasteiger partial charge in [0.2, 0.25) is 5.88 Å². The van der Waals surface area contributed by atoms with Gasteiger partial charge in [-0.1, -0.05) is 19.8 Å². The Balaban J connectivity index is 1.73. The minimum Gasteiger partial charge on any atom is -0.477 e. The molecule has 1 aliphatic carbocycles. The summed E-state index contributed by atoms with van der Waals surface area (Å²) in [5.74, 6) is 1.55. The predicted octanol–water partition coefficient (Wildman–Crippen LogP) is 2.16. The monoisotopic (exact) mass is 235 g/mol. The van der Waals surface area contributed by atoms with Gasteiger partial charge in [-0.3, -0.25) is 4.98 Å². The Labute approximate surface area is 103 Å². The summed E-state index contributed by atoms with van der Waals surface area (Å²) < 4.78 is 5.60. The number of aromatic nitrogens is 2. The minimum absolute atomic E-state index is 0.654. The van der Waals surface area contributed by atoms with Gasteiger partial charge in [0.25, 0.3) is 0 Å². The van der Waals surface area contributed by atoms with E-state index in [2.05, 4.69) is 22.2 Å². The van der Waals surface area contributed by atoms with E-state index >= 15 is 0 Å². The third-order valence-corrected chi connectivity index (χ3v) is 2.87. The molecule has 94 valence electrons. The van der Waals surface area contributed by atoms with Crippen molar-refractivity contribution in [3.63, 3.8) is 0 Å². The van der Waals surface area contributed by atoms with Gasteiger partial charge >= 0.3 is 0 Å². The second-order valence-electron chi connectivity index (χ2n) is 4.61. The van der Waals surface area contributed by atoms with Crippen LogP contribution in [0.2, 0.25) is 0 Å². The van der Waals surface area contributed by atoms with Crippen molar-refractivity contribution in [1.82, 2.24) is 15.3 Å². The second kappa shape index (κ2) is 6.55. The maximum atomic E-state index is 5.60. The molecule has 0 atom stereocenters. The first kappa shape index (κ1) is 12.3. The standard InChI is InChI=1S/C13H21N3O/c1-2-6-14-8-12-9-15-10-13(16-12)17-7-5-11-3-4-11/h9-11,14H,2-8H2,1H3. The molecule has 4 heteroatoms. The van der Waals surface area contributed by atoms with Gasteiger partial charge < -0.3 is 10.1 Å². The highest BCUT2D eigenvalue weighted by molar-refractivity contribution is 5.08. The third kappa shape index (κ3) is 4.69. The van der Waals surface area contributed by atoms with Crippen LogP contribution in [0.3, 0.4) is 0 Å². The van der Waals surface area contributed by atoms with Gasteiger partial charge in [0.15, 0.2) is 0 Å². The van der Waals surface area contributed by atoms with Crippen LogP contribution in [0.5, 0.6) is 5.88 Å². The first-order chi connectivity index (χ1) is 8.38. The molecule has 1 N–H and O–H groups in total. The first-order valence-electron chi connectivity index (χ1n) is 6.53. The first-order valence-corrected chi connectivity index (χ1v) is 6.53. The molecule has 17 heavy (non-hydrogen) atoms. The molecule has 0 aliphatic heterocycles. The zero-order chi connectivity index (χ0) is 11.9. The van der Waals surface area contributed by atoms with Crippen molar-refractivity contribution < 1.29 is 4.74 Å². The van der Waals surface area contributed by atoms with E-state index in [1.54, 1.807) is 12.4 Å². The van der Waals surface area contributed by atoms with Gasteiger partial charge in [-0.05, 0) is 25.3 Å².